The first-order valence-corrected chi connectivity index (χ1v) is 6.65. The van der Waals surface area contributed by atoms with E-state index in [-0.39, 0.29) is 12.5 Å². The van der Waals surface area contributed by atoms with Crippen molar-refractivity contribution < 1.29 is 9.90 Å². The summed E-state index contributed by atoms with van der Waals surface area (Å²) in [5.41, 5.74) is 2.06. The van der Waals surface area contributed by atoms with Crippen LogP contribution in [0, 0.1) is 0 Å². The van der Waals surface area contributed by atoms with Crippen molar-refractivity contribution in [3.8, 4) is 0 Å². The molecule has 0 unspecified atom stereocenters. The molecule has 0 saturated heterocycles. The van der Waals surface area contributed by atoms with Crippen molar-refractivity contribution in [2.75, 3.05) is 19.0 Å². The van der Waals surface area contributed by atoms with Crippen LogP contribution < -0.4 is 11.3 Å². The van der Waals surface area contributed by atoms with Crippen LogP contribution in [0.15, 0.2) is 30.5 Å². The van der Waals surface area contributed by atoms with Crippen LogP contribution >= 0.6 is 0 Å². The largest absolute Gasteiger partial charge is 0.389 e. The summed E-state index contributed by atoms with van der Waals surface area (Å²) in [6, 6.07) is 7.42. The third kappa shape index (κ3) is 3.29. The van der Waals surface area contributed by atoms with E-state index < -0.39 is 5.60 Å². The van der Waals surface area contributed by atoms with E-state index in [0.29, 0.717) is 11.4 Å². The molecule has 21 heavy (non-hydrogen) atoms. The van der Waals surface area contributed by atoms with Gasteiger partial charge in [-0.05, 0) is 19.2 Å². The Morgan fingerprint density at radius 1 is 1.38 bits per heavy atom. The Hall–Kier alpha value is -2.18. The quantitative estimate of drug-likeness (QED) is 0.583. The van der Waals surface area contributed by atoms with Gasteiger partial charge in [0.15, 0.2) is 0 Å². The summed E-state index contributed by atoms with van der Waals surface area (Å²) >= 11 is 0. The Morgan fingerprint density at radius 3 is 2.57 bits per heavy atom. The van der Waals surface area contributed by atoms with Crippen molar-refractivity contribution in [1.29, 1.82) is 0 Å². The Kier molecular flexibility index (Phi) is 4.11. The number of hydrogen-bond acceptors (Lipinski definition) is 5. The van der Waals surface area contributed by atoms with Crippen molar-refractivity contribution >= 4 is 22.5 Å². The summed E-state index contributed by atoms with van der Waals surface area (Å²) in [5, 5.41) is 11.4. The number of hydrogen-bond donors (Lipinski definition) is 3. The number of likely N-dealkylation sites (N-methyl/N-ethyl adjacent to an activating group) is 1. The maximum atomic E-state index is 12.6. The molecule has 0 aliphatic heterocycles. The van der Waals surface area contributed by atoms with E-state index in [2.05, 4.69) is 10.4 Å². The van der Waals surface area contributed by atoms with E-state index in [4.69, 9.17) is 5.84 Å². The van der Waals surface area contributed by atoms with Crippen molar-refractivity contribution in [2.45, 2.75) is 19.4 Å². The molecule has 1 aromatic heterocycles. The number of amides is 1. The number of nitrogens with two attached hydrogens (primary N) is 1. The number of benzene rings is 1. The number of nitrogens with one attached hydrogen (secondary N) is 1. The Bertz CT molecular complexity index is 664. The van der Waals surface area contributed by atoms with E-state index in [1.165, 1.54) is 11.1 Å². The normalized spacial score (nSPS) is 11.5. The van der Waals surface area contributed by atoms with Crippen LogP contribution in [0.5, 0.6) is 0 Å². The summed E-state index contributed by atoms with van der Waals surface area (Å²) in [4.78, 5) is 18.2. The molecule has 0 bridgehead atoms. The zero-order valence-corrected chi connectivity index (χ0v) is 12.4. The van der Waals surface area contributed by atoms with E-state index in [1.807, 2.05) is 24.3 Å². The fourth-order valence-electron chi connectivity index (χ4n) is 2.34. The number of nitrogens with zero attached hydrogens (tertiary/aromatic N) is 2. The van der Waals surface area contributed by atoms with Crippen LogP contribution in [0.3, 0.4) is 0 Å². The number of anilines is 1. The van der Waals surface area contributed by atoms with Crippen molar-refractivity contribution in [1.82, 2.24) is 9.88 Å². The second-order valence-corrected chi connectivity index (χ2v) is 5.68. The third-order valence-corrected chi connectivity index (χ3v) is 3.13. The molecular formula is C15H20N4O2. The highest BCUT2D eigenvalue weighted by Gasteiger charge is 2.22. The fraction of sp³-hybridized carbons (Fsp3) is 0.333. The average Bonchev–Trinajstić information content (AvgIpc) is 2.43. The lowest BCUT2D eigenvalue weighted by atomic mass is 10.0. The van der Waals surface area contributed by atoms with Gasteiger partial charge in [0.2, 0.25) is 0 Å². The lowest BCUT2D eigenvalue weighted by Crippen LogP contribution is -2.39. The first-order valence-electron chi connectivity index (χ1n) is 6.65. The standard InChI is InChI=1S/C15H20N4O2/c1-15(2,21)9-19(3)14(20)12-8-17-13(18-16)11-7-5-4-6-10(11)12/h4-8,21H,9,16H2,1-3H3,(H,17,18). The molecular weight excluding hydrogens is 268 g/mol. The predicted octanol–water partition coefficient (Wildman–Crippen LogP) is 1.36. The molecule has 0 aliphatic rings. The smallest absolute Gasteiger partial charge is 0.255 e. The SMILES string of the molecule is CN(CC(C)(C)O)C(=O)c1cnc(NN)c2ccccc12. The van der Waals surface area contributed by atoms with Crippen LogP contribution in [-0.2, 0) is 0 Å². The summed E-state index contributed by atoms with van der Waals surface area (Å²) < 4.78 is 0. The van der Waals surface area contributed by atoms with Gasteiger partial charge in [0.25, 0.3) is 5.91 Å². The lowest BCUT2D eigenvalue weighted by Gasteiger charge is -2.26. The third-order valence-electron chi connectivity index (χ3n) is 3.13. The van der Waals surface area contributed by atoms with Gasteiger partial charge < -0.3 is 15.4 Å². The zero-order chi connectivity index (χ0) is 15.6. The molecule has 112 valence electrons. The molecule has 0 atom stereocenters. The first kappa shape index (κ1) is 15.2. The summed E-state index contributed by atoms with van der Waals surface area (Å²) in [6.07, 6.45) is 1.50. The van der Waals surface area contributed by atoms with Gasteiger partial charge in [-0.15, -0.1) is 0 Å². The number of aromatic nitrogens is 1. The predicted molar refractivity (Wildman–Crippen MR) is 82.8 cm³/mol. The molecule has 2 rings (SSSR count). The molecule has 6 nitrogen and oxygen atoms in total. The minimum absolute atomic E-state index is 0.190. The molecule has 1 heterocycles. The molecule has 1 aromatic carbocycles. The van der Waals surface area contributed by atoms with Crippen LogP contribution in [0.25, 0.3) is 10.8 Å². The Labute approximate surface area is 123 Å². The van der Waals surface area contributed by atoms with Crippen molar-refractivity contribution in [2.24, 2.45) is 5.84 Å². The van der Waals surface area contributed by atoms with Gasteiger partial charge in [-0.3, -0.25) is 4.79 Å². The maximum Gasteiger partial charge on any atom is 0.255 e. The van der Waals surface area contributed by atoms with Gasteiger partial charge in [0, 0.05) is 25.2 Å². The minimum Gasteiger partial charge on any atom is -0.389 e. The fourth-order valence-corrected chi connectivity index (χ4v) is 2.34. The average molecular weight is 288 g/mol. The van der Waals surface area contributed by atoms with E-state index in [1.54, 1.807) is 20.9 Å². The Balaban J connectivity index is 2.45. The van der Waals surface area contributed by atoms with Gasteiger partial charge in [0.1, 0.15) is 5.82 Å². The minimum atomic E-state index is -0.952. The molecule has 0 spiro atoms. The summed E-state index contributed by atoms with van der Waals surface area (Å²) in [6.45, 7) is 3.56. The molecule has 6 heteroatoms. The second-order valence-electron chi connectivity index (χ2n) is 5.68. The first-order chi connectivity index (χ1) is 9.83. The van der Waals surface area contributed by atoms with E-state index in [0.717, 1.165) is 10.8 Å². The van der Waals surface area contributed by atoms with Gasteiger partial charge in [-0.1, -0.05) is 24.3 Å². The number of rotatable bonds is 4. The van der Waals surface area contributed by atoms with Crippen LogP contribution in [-0.4, -0.2) is 40.1 Å². The van der Waals surface area contributed by atoms with Gasteiger partial charge >= 0.3 is 0 Å². The molecule has 2 aromatic rings. The topological polar surface area (TPSA) is 91.5 Å². The second kappa shape index (κ2) is 5.67. The number of hydrazine groups is 1. The number of nitrogen functional groups attached to an aromatic ring is 1. The highest BCUT2D eigenvalue weighted by Crippen LogP contribution is 2.24. The maximum absolute atomic E-state index is 12.6. The number of fused-ring (bicyclic) bond motifs is 1. The molecule has 0 saturated carbocycles. The summed E-state index contributed by atoms with van der Waals surface area (Å²) in [7, 11) is 1.66. The Morgan fingerprint density at radius 2 is 2.00 bits per heavy atom. The number of aliphatic hydroxyl groups is 1. The highest BCUT2D eigenvalue weighted by atomic mass is 16.3. The van der Waals surface area contributed by atoms with Gasteiger partial charge in [-0.2, -0.15) is 0 Å². The van der Waals surface area contributed by atoms with Crippen LogP contribution in [0.1, 0.15) is 24.2 Å². The van der Waals surface area contributed by atoms with Crippen molar-refractivity contribution in [3.63, 3.8) is 0 Å². The lowest BCUT2D eigenvalue weighted by molar-refractivity contribution is 0.0368. The highest BCUT2D eigenvalue weighted by molar-refractivity contribution is 6.09. The molecule has 1 amide bonds. The molecule has 0 aliphatic carbocycles. The molecule has 0 fully saturated rings. The van der Waals surface area contributed by atoms with E-state index >= 15 is 0 Å². The van der Waals surface area contributed by atoms with Gasteiger partial charge in [-0.25, -0.2) is 10.8 Å². The number of carbonyl (C=O) groups is 1. The number of carbonyl (C=O) groups excluding carboxylic acids is 1. The number of pyridine rings is 1. The summed E-state index contributed by atoms with van der Waals surface area (Å²) in [5.74, 6) is 5.77. The zero-order valence-electron chi connectivity index (χ0n) is 12.4. The van der Waals surface area contributed by atoms with Crippen molar-refractivity contribution in [3.05, 3.63) is 36.0 Å². The molecule has 0 radical (unpaired) electrons. The van der Waals surface area contributed by atoms with Crippen LogP contribution in [0.2, 0.25) is 0 Å². The van der Waals surface area contributed by atoms with Gasteiger partial charge in [0.05, 0.1) is 11.2 Å². The molecule has 4 N–H and O–H groups in total. The monoisotopic (exact) mass is 288 g/mol. The van der Waals surface area contributed by atoms with E-state index in [9.17, 15) is 9.90 Å². The van der Waals surface area contributed by atoms with Crippen LogP contribution in [0.4, 0.5) is 5.82 Å².